The van der Waals surface area contributed by atoms with E-state index in [4.69, 9.17) is 4.42 Å². The number of thiophene rings is 1. The summed E-state index contributed by atoms with van der Waals surface area (Å²) in [5, 5.41) is 4.03. The van der Waals surface area contributed by atoms with Gasteiger partial charge in [-0.3, -0.25) is 14.2 Å². The molecular weight excluding hydrogens is 418 g/mol. The second-order valence-electron chi connectivity index (χ2n) is 7.10. The van der Waals surface area contributed by atoms with E-state index in [9.17, 15) is 9.59 Å². The van der Waals surface area contributed by atoms with Gasteiger partial charge >= 0.3 is 0 Å². The highest BCUT2D eigenvalue weighted by Gasteiger charge is 2.16. The van der Waals surface area contributed by atoms with Crippen LogP contribution < -0.4 is 10.9 Å². The van der Waals surface area contributed by atoms with Crippen molar-refractivity contribution in [1.82, 2.24) is 9.55 Å². The first-order valence-electron chi connectivity index (χ1n) is 9.44. The summed E-state index contributed by atoms with van der Waals surface area (Å²) in [5.74, 6) is 0.660. The predicted molar refractivity (Wildman–Crippen MR) is 122 cm³/mol. The van der Waals surface area contributed by atoms with Gasteiger partial charge in [0.15, 0.2) is 5.16 Å². The number of fused-ring (bicyclic) bond motifs is 1. The monoisotopic (exact) mass is 439 g/mol. The number of nitrogens with one attached hydrogen (secondary N) is 1. The fourth-order valence-electron chi connectivity index (χ4n) is 3.20. The van der Waals surface area contributed by atoms with E-state index < -0.39 is 0 Å². The Bertz CT molecular complexity index is 1270. The van der Waals surface area contributed by atoms with Crippen molar-refractivity contribution in [2.24, 2.45) is 0 Å². The topological polar surface area (TPSA) is 77.1 Å². The van der Waals surface area contributed by atoms with Gasteiger partial charge in [0, 0.05) is 10.6 Å². The molecule has 0 saturated heterocycles. The maximum atomic E-state index is 13.1. The largest absolute Gasteiger partial charge is 0.467 e. The van der Waals surface area contributed by atoms with Crippen molar-refractivity contribution in [3.63, 3.8) is 0 Å². The van der Waals surface area contributed by atoms with Crippen LogP contribution >= 0.6 is 23.1 Å². The number of hydrogen-bond donors (Lipinski definition) is 1. The van der Waals surface area contributed by atoms with Crippen LogP contribution in [-0.2, 0) is 11.3 Å². The van der Waals surface area contributed by atoms with Crippen molar-refractivity contribution in [2.45, 2.75) is 32.5 Å². The molecule has 4 rings (SSSR count). The van der Waals surface area contributed by atoms with E-state index >= 15 is 0 Å². The molecule has 0 aliphatic carbocycles. The average molecular weight is 440 g/mol. The Morgan fingerprint density at radius 3 is 2.80 bits per heavy atom. The Balaban J connectivity index is 1.59. The zero-order valence-electron chi connectivity index (χ0n) is 16.9. The summed E-state index contributed by atoms with van der Waals surface area (Å²) in [4.78, 5) is 32.0. The van der Waals surface area contributed by atoms with E-state index in [2.05, 4.69) is 10.3 Å². The van der Waals surface area contributed by atoms with Crippen LogP contribution in [0.2, 0.25) is 0 Å². The number of aromatic nitrogens is 2. The third-order valence-electron chi connectivity index (χ3n) is 4.62. The number of carbonyl (C=O) groups is 1. The van der Waals surface area contributed by atoms with Gasteiger partial charge in [0.2, 0.25) is 5.91 Å². The minimum Gasteiger partial charge on any atom is -0.467 e. The van der Waals surface area contributed by atoms with Gasteiger partial charge in [0.25, 0.3) is 5.56 Å². The van der Waals surface area contributed by atoms with E-state index in [1.807, 2.05) is 51.1 Å². The summed E-state index contributed by atoms with van der Waals surface area (Å²) < 4.78 is 6.99. The molecule has 0 bridgehead atoms. The van der Waals surface area contributed by atoms with Crippen LogP contribution in [-0.4, -0.2) is 21.2 Å². The van der Waals surface area contributed by atoms with E-state index in [0.29, 0.717) is 21.1 Å². The zero-order valence-corrected chi connectivity index (χ0v) is 18.5. The lowest BCUT2D eigenvalue weighted by Gasteiger charge is -2.12. The summed E-state index contributed by atoms with van der Waals surface area (Å²) in [6.45, 7) is 6.20. The number of nitrogens with zero attached hydrogens (tertiary/aromatic N) is 2. The van der Waals surface area contributed by atoms with E-state index in [-0.39, 0.29) is 23.8 Å². The quantitative estimate of drug-likeness (QED) is 0.346. The van der Waals surface area contributed by atoms with Gasteiger partial charge in [-0.2, -0.15) is 0 Å². The molecular formula is C22H21N3O3S2. The molecule has 0 atom stereocenters. The van der Waals surface area contributed by atoms with Crippen molar-refractivity contribution >= 4 is 44.9 Å². The van der Waals surface area contributed by atoms with Gasteiger partial charge in [0.1, 0.15) is 10.6 Å². The van der Waals surface area contributed by atoms with E-state index in [1.165, 1.54) is 23.1 Å². The number of thioether (sulfide) groups is 1. The molecule has 0 fully saturated rings. The molecule has 3 heterocycles. The Morgan fingerprint density at radius 1 is 1.23 bits per heavy atom. The van der Waals surface area contributed by atoms with Crippen LogP contribution in [0.1, 0.15) is 21.8 Å². The minimum atomic E-state index is -0.145. The number of rotatable bonds is 6. The Labute approximate surface area is 181 Å². The van der Waals surface area contributed by atoms with Crippen molar-refractivity contribution in [1.29, 1.82) is 0 Å². The molecule has 154 valence electrons. The Morgan fingerprint density at radius 2 is 2.07 bits per heavy atom. The molecule has 0 saturated carbocycles. The number of anilines is 1. The molecule has 8 heteroatoms. The second kappa shape index (κ2) is 8.49. The van der Waals surface area contributed by atoms with Crippen LogP contribution in [0.3, 0.4) is 0 Å². The lowest BCUT2D eigenvalue weighted by atomic mass is 10.1. The first kappa shape index (κ1) is 20.4. The van der Waals surface area contributed by atoms with E-state index in [0.717, 1.165) is 21.7 Å². The summed E-state index contributed by atoms with van der Waals surface area (Å²) >= 11 is 2.72. The Kier molecular flexibility index (Phi) is 5.78. The van der Waals surface area contributed by atoms with Gasteiger partial charge in [-0.25, -0.2) is 4.98 Å². The van der Waals surface area contributed by atoms with E-state index in [1.54, 1.807) is 16.9 Å². The Hall–Kier alpha value is -2.84. The second-order valence-corrected chi connectivity index (χ2v) is 9.27. The minimum absolute atomic E-state index is 0.127. The van der Waals surface area contributed by atoms with Crippen molar-refractivity contribution in [3.05, 3.63) is 74.8 Å². The molecule has 0 unspecified atom stereocenters. The van der Waals surface area contributed by atoms with Gasteiger partial charge in [-0.05, 0) is 50.6 Å². The summed E-state index contributed by atoms with van der Waals surface area (Å²) in [5.41, 5.74) is 2.82. The average Bonchev–Trinajstić information content (AvgIpc) is 3.34. The number of aryl methyl sites for hydroxylation is 3. The van der Waals surface area contributed by atoms with Gasteiger partial charge in [-0.1, -0.05) is 29.5 Å². The molecule has 1 N–H and O–H groups in total. The molecule has 1 amide bonds. The number of carbonyl (C=O) groups excluding carboxylic acids is 1. The highest BCUT2D eigenvalue weighted by Crippen LogP contribution is 2.25. The molecule has 3 aromatic heterocycles. The molecule has 1 aromatic carbocycles. The van der Waals surface area contributed by atoms with Gasteiger partial charge in [-0.15, -0.1) is 11.3 Å². The lowest BCUT2D eigenvalue weighted by molar-refractivity contribution is -0.113. The number of hydrogen-bond acceptors (Lipinski definition) is 6. The summed E-state index contributed by atoms with van der Waals surface area (Å²) in [6.07, 6.45) is 1.57. The first-order valence-corrected chi connectivity index (χ1v) is 11.2. The van der Waals surface area contributed by atoms with Gasteiger partial charge in [0.05, 0.1) is 23.9 Å². The molecule has 6 nitrogen and oxygen atoms in total. The number of furan rings is 1. The fraction of sp³-hybridized carbons (Fsp3) is 0.227. The van der Waals surface area contributed by atoms with Crippen LogP contribution in [0, 0.1) is 20.8 Å². The highest BCUT2D eigenvalue weighted by molar-refractivity contribution is 7.99. The molecule has 4 aromatic rings. The third-order valence-corrected chi connectivity index (χ3v) is 6.54. The maximum absolute atomic E-state index is 13.1. The van der Waals surface area contributed by atoms with Crippen molar-refractivity contribution in [2.75, 3.05) is 11.1 Å². The highest BCUT2D eigenvalue weighted by atomic mass is 32.2. The summed E-state index contributed by atoms with van der Waals surface area (Å²) in [7, 11) is 0. The number of benzene rings is 1. The first-order chi connectivity index (χ1) is 14.4. The standard InChI is InChI=1S/C22H21N3O3S2/c1-13-6-7-18(14(2)9-13)23-19(26)12-29-22-24-20-17(10-15(3)30-20)21(27)25(22)11-16-5-4-8-28-16/h4-10H,11-12H2,1-3H3,(H,23,26). The van der Waals surface area contributed by atoms with Crippen molar-refractivity contribution < 1.29 is 9.21 Å². The molecule has 0 aliphatic rings. The molecule has 0 aliphatic heterocycles. The number of amides is 1. The predicted octanol–water partition coefficient (Wildman–Crippen LogP) is 4.76. The fourth-order valence-corrected chi connectivity index (χ4v) is 4.92. The summed E-state index contributed by atoms with van der Waals surface area (Å²) in [6, 6.07) is 11.3. The third kappa shape index (κ3) is 4.34. The van der Waals surface area contributed by atoms with Gasteiger partial charge < -0.3 is 9.73 Å². The molecule has 0 spiro atoms. The molecule has 30 heavy (non-hydrogen) atoms. The van der Waals surface area contributed by atoms with Crippen LogP contribution in [0.15, 0.2) is 57.0 Å². The zero-order chi connectivity index (χ0) is 21.3. The molecule has 0 radical (unpaired) electrons. The smallest absolute Gasteiger partial charge is 0.263 e. The van der Waals surface area contributed by atoms with Crippen LogP contribution in [0.4, 0.5) is 5.69 Å². The normalized spacial score (nSPS) is 11.2. The SMILES string of the molecule is Cc1ccc(NC(=O)CSc2nc3sc(C)cc3c(=O)n2Cc2ccco2)c(C)c1. The van der Waals surface area contributed by atoms with Crippen LogP contribution in [0.25, 0.3) is 10.2 Å². The van der Waals surface area contributed by atoms with Crippen molar-refractivity contribution in [3.8, 4) is 0 Å². The van der Waals surface area contributed by atoms with Crippen LogP contribution in [0.5, 0.6) is 0 Å². The lowest BCUT2D eigenvalue weighted by Crippen LogP contribution is -2.24. The maximum Gasteiger partial charge on any atom is 0.263 e.